The lowest BCUT2D eigenvalue weighted by atomic mass is 10.2. The summed E-state index contributed by atoms with van der Waals surface area (Å²) in [5.74, 6) is 1.04. The van der Waals surface area contributed by atoms with Crippen molar-refractivity contribution in [3.63, 3.8) is 0 Å². The summed E-state index contributed by atoms with van der Waals surface area (Å²) in [7, 11) is 0. The lowest BCUT2D eigenvalue weighted by Crippen LogP contribution is -2.15. The summed E-state index contributed by atoms with van der Waals surface area (Å²) in [5.41, 5.74) is 1.20. The van der Waals surface area contributed by atoms with Crippen LogP contribution in [-0.2, 0) is 11.2 Å². The Balaban J connectivity index is 1.73. The number of benzene rings is 1. The molecular weight excluding hydrogens is 428 g/mol. The van der Waals surface area contributed by atoms with Crippen LogP contribution in [0.4, 0.5) is 5.69 Å². The van der Waals surface area contributed by atoms with Gasteiger partial charge in [0, 0.05) is 10.4 Å². The van der Waals surface area contributed by atoms with Gasteiger partial charge in [-0.15, -0.1) is 11.3 Å². The van der Waals surface area contributed by atoms with E-state index in [-0.39, 0.29) is 12.3 Å². The number of nitrogens with zero attached hydrogens (tertiary/aromatic N) is 1. The minimum Gasteiger partial charge on any atom is -0.491 e. The summed E-state index contributed by atoms with van der Waals surface area (Å²) in [4.78, 5) is 16.8. The van der Waals surface area contributed by atoms with Gasteiger partial charge in [-0.05, 0) is 47.1 Å². The first-order valence-electron chi connectivity index (χ1n) is 7.46. The molecule has 0 fully saturated rings. The summed E-state index contributed by atoms with van der Waals surface area (Å²) in [5, 5.41) is 5.92. The summed E-state index contributed by atoms with van der Waals surface area (Å²) in [6, 6.07) is 7.01. The van der Waals surface area contributed by atoms with E-state index in [1.54, 1.807) is 24.5 Å². The van der Waals surface area contributed by atoms with Crippen LogP contribution in [0.25, 0.3) is 10.8 Å². The highest BCUT2D eigenvalue weighted by molar-refractivity contribution is 9.10. The van der Waals surface area contributed by atoms with Crippen molar-refractivity contribution in [1.29, 1.82) is 0 Å². The van der Waals surface area contributed by atoms with Crippen molar-refractivity contribution in [3.05, 3.63) is 51.1 Å². The van der Waals surface area contributed by atoms with E-state index in [9.17, 15) is 4.79 Å². The predicted molar refractivity (Wildman–Crippen MR) is 102 cm³/mol. The molecule has 0 unspecified atom stereocenters. The van der Waals surface area contributed by atoms with Crippen molar-refractivity contribution in [2.45, 2.75) is 13.3 Å². The summed E-state index contributed by atoms with van der Waals surface area (Å²) >= 11 is 10.9. The highest BCUT2D eigenvalue weighted by Gasteiger charge is 2.15. The highest BCUT2D eigenvalue weighted by Crippen LogP contribution is 2.36. The molecule has 0 aliphatic rings. The number of carbonyl (C=O) groups is 1. The minimum absolute atomic E-state index is 0.146. The van der Waals surface area contributed by atoms with Crippen LogP contribution in [0.2, 0.25) is 5.02 Å². The number of ether oxygens (including phenoxy) is 1. The maximum Gasteiger partial charge on any atom is 0.230 e. The maximum atomic E-state index is 12.4. The molecule has 130 valence electrons. The Hall–Kier alpha value is -1.83. The zero-order valence-electron chi connectivity index (χ0n) is 13.2. The van der Waals surface area contributed by atoms with Crippen LogP contribution in [-0.4, -0.2) is 17.5 Å². The van der Waals surface area contributed by atoms with Crippen LogP contribution in [0, 0.1) is 0 Å². The third-order valence-electron chi connectivity index (χ3n) is 3.20. The summed E-state index contributed by atoms with van der Waals surface area (Å²) < 4.78 is 11.6. The monoisotopic (exact) mass is 440 g/mol. The molecule has 0 atom stereocenters. The molecule has 3 aromatic rings. The average molecular weight is 442 g/mol. The molecule has 5 nitrogen and oxygen atoms in total. The summed E-state index contributed by atoms with van der Waals surface area (Å²) in [6.07, 6.45) is 1.74. The average Bonchev–Trinajstić information content (AvgIpc) is 3.21. The number of nitrogens with one attached hydrogen (secondary N) is 1. The molecule has 2 heterocycles. The molecule has 25 heavy (non-hydrogen) atoms. The molecule has 2 aromatic heterocycles. The lowest BCUT2D eigenvalue weighted by molar-refractivity contribution is -0.115. The fourth-order valence-corrected chi connectivity index (χ4v) is 3.92. The first-order chi connectivity index (χ1) is 12.1. The summed E-state index contributed by atoms with van der Waals surface area (Å²) in [6.45, 7) is 2.35. The van der Waals surface area contributed by atoms with E-state index in [0.717, 1.165) is 5.01 Å². The van der Waals surface area contributed by atoms with Gasteiger partial charge < -0.3 is 14.5 Å². The Labute approximate surface area is 162 Å². The Bertz CT molecular complexity index is 880. The highest BCUT2D eigenvalue weighted by atomic mass is 79.9. The maximum absolute atomic E-state index is 12.4. The second kappa shape index (κ2) is 8.03. The molecule has 1 N–H and O–H groups in total. The number of aromatic nitrogens is 1. The number of rotatable bonds is 6. The van der Waals surface area contributed by atoms with Crippen molar-refractivity contribution in [2.24, 2.45) is 0 Å². The molecule has 3 rings (SSSR count). The Morgan fingerprint density at radius 2 is 2.32 bits per heavy atom. The molecular formula is C17H14BrClN2O3S. The third-order valence-corrected chi connectivity index (χ3v) is 4.91. The Morgan fingerprint density at radius 3 is 3.04 bits per heavy atom. The normalized spacial score (nSPS) is 10.7. The molecule has 0 bridgehead atoms. The zero-order valence-corrected chi connectivity index (χ0v) is 16.4. The zero-order chi connectivity index (χ0) is 17.8. The second-order valence-electron chi connectivity index (χ2n) is 5.04. The molecule has 1 amide bonds. The van der Waals surface area contributed by atoms with Crippen molar-refractivity contribution in [2.75, 3.05) is 11.9 Å². The largest absolute Gasteiger partial charge is 0.491 e. The standard InChI is InChI=1S/C17H14BrClN2O3S/c1-2-23-16-12(18)6-10(19)7-13(16)21-15(22)8-11-9-25-17(20-11)14-4-3-5-24-14/h3-7,9H,2,8H2,1H3,(H,21,22). The number of furan rings is 1. The number of anilines is 1. The first kappa shape index (κ1) is 18.0. The molecule has 0 aliphatic heterocycles. The van der Waals surface area contributed by atoms with E-state index in [4.69, 9.17) is 20.8 Å². The quantitative estimate of drug-likeness (QED) is 0.556. The van der Waals surface area contributed by atoms with Gasteiger partial charge >= 0.3 is 0 Å². The van der Waals surface area contributed by atoms with Gasteiger partial charge in [0.2, 0.25) is 5.91 Å². The van der Waals surface area contributed by atoms with Gasteiger partial charge in [-0.25, -0.2) is 4.98 Å². The van der Waals surface area contributed by atoms with E-state index in [1.165, 1.54) is 11.3 Å². The smallest absolute Gasteiger partial charge is 0.230 e. The number of carbonyl (C=O) groups excluding carboxylic acids is 1. The second-order valence-corrected chi connectivity index (χ2v) is 7.19. The number of hydrogen-bond acceptors (Lipinski definition) is 5. The Kier molecular flexibility index (Phi) is 5.78. The van der Waals surface area contributed by atoms with Crippen molar-refractivity contribution < 1.29 is 13.9 Å². The van der Waals surface area contributed by atoms with Gasteiger partial charge in [0.1, 0.15) is 0 Å². The Morgan fingerprint density at radius 1 is 1.48 bits per heavy atom. The van der Waals surface area contributed by atoms with Crippen LogP contribution < -0.4 is 10.1 Å². The van der Waals surface area contributed by atoms with E-state index < -0.39 is 0 Å². The van der Waals surface area contributed by atoms with Crippen LogP contribution in [0.1, 0.15) is 12.6 Å². The van der Waals surface area contributed by atoms with Crippen molar-refractivity contribution in [3.8, 4) is 16.5 Å². The van der Waals surface area contributed by atoms with Gasteiger partial charge in [-0.2, -0.15) is 0 Å². The molecule has 1 aromatic carbocycles. The van der Waals surface area contributed by atoms with Gasteiger partial charge in [-0.3, -0.25) is 4.79 Å². The predicted octanol–water partition coefficient (Wildman–Crippen LogP) is 5.40. The van der Waals surface area contributed by atoms with Crippen LogP contribution in [0.3, 0.4) is 0 Å². The minimum atomic E-state index is -0.202. The van der Waals surface area contributed by atoms with Crippen LogP contribution in [0.15, 0.2) is 44.8 Å². The SMILES string of the molecule is CCOc1c(Br)cc(Cl)cc1NC(=O)Cc1csc(-c2ccco2)n1. The first-order valence-corrected chi connectivity index (χ1v) is 9.52. The van der Waals surface area contributed by atoms with E-state index in [0.29, 0.717) is 39.0 Å². The molecule has 0 saturated carbocycles. The topological polar surface area (TPSA) is 64.4 Å². The van der Waals surface area contributed by atoms with E-state index in [1.807, 2.05) is 18.4 Å². The molecule has 0 saturated heterocycles. The fraction of sp³-hybridized carbons (Fsp3) is 0.176. The molecule has 8 heteroatoms. The number of halogens is 2. The van der Waals surface area contributed by atoms with Gasteiger partial charge in [0.25, 0.3) is 0 Å². The van der Waals surface area contributed by atoms with Gasteiger partial charge in [0.15, 0.2) is 16.5 Å². The number of hydrogen-bond donors (Lipinski definition) is 1. The third kappa shape index (κ3) is 4.42. The molecule has 0 aliphatic carbocycles. The molecule has 0 spiro atoms. The fourth-order valence-electron chi connectivity index (χ4n) is 2.20. The van der Waals surface area contributed by atoms with Crippen molar-refractivity contribution in [1.82, 2.24) is 4.98 Å². The van der Waals surface area contributed by atoms with Crippen LogP contribution >= 0.6 is 38.9 Å². The van der Waals surface area contributed by atoms with Gasteiger partial charge in [-0.1, -0.05) is 11.6 Å². The van der Waals surface area contributed by atoms with E-state index >= 15 is 0 Å². The number of thiazole rings is 1. The van der Waals surface area contributed by atoms with Crippen molar-refractivity contribution >= 4 is 50.5 Å². The lowest BCUT2D eigenvalue weighted by Gasteiger charge is -2.13. The molecule has 0 radical (unpaired) electrons. The van der Waals surface area contributed by atoms with Gasteiger partial charge in [0.05, 0.1) is 35.1 Å². The van der Waals surface area contributed by atoms with E-state index in [2.05, 4.69) is 26.2 Å². The number of amides is 1. The van der Waals surface area contributed by atoms with Crippen LogP contribution in [0.5, 0.6) is 5.75 Å².